The number of ether oxygens (including phenoxy) is 3. The average Bonchev–Trinajstić information content (AvgIpc) is 3.10. The van der Waals surface area contributed by atoms with Crippen molar-refractivity contribution >= 4 is 41.7 Å². The number of amides is 5. The Kier molecular flexibility index (Phi) is 20.3. The number of nitrogens with two attached hydrogens (primary N) is 1. The van der Waals surface area contributed by atoms with Crippen molar-refractivity contribution in [3.63, 3.8) is 0 Å². The Morgan fingerprint density at radius 2 is 1.00 bits per heavy atom. The third-order valence-corrected chi connectivity index (χ3v) is 6.57. The van der Waals surface area contributed by atoms with E-state index in [9.17, 15) is 33.6 Å². The first-order valence-corrected chi connectivity index (χ1v) is 16.3. The second kappa shape index (κ2) is 23.8. The summed E-state index contributed by atoms with van der Waals surface area (Å²) in [6, 6.07) is 14.0. The Morgan fingerprint density at radius 1 is 0.588 bits per heavy atom. The molecule has 280 valence electrons. The normalized spacial score (nSPS) is 10.3. The molecule has 0 heterocycles. The summed E-state index contributed by atoms with van der Waals surface area (Å²) in [5.41, 5.74) is 7.50. The second-order valence-corrected chi connectivity index (χ2v) is 11.8. The number of carbonyl (C=O) groups excluding carboxylic acids is 7. The highest BCUT2D eigenvalue weighted by atomic mass is 16.6. The van der Waals surface area contributed by atoms with Gasteiger partial charge in [0.25, 0.3) is 11.8 Å². The van der Waals surface area contributed by atoms with Gasteiger partial charge in [-0.05, 0) is 69.0 Å². The van der Waals surface area contributed by atoms with Crippen LogP contribution in [-0.2, 0) is 46.2 Å². The minimum atomic E-state index is -0.645. The van der Waals surface area contributed by atoms with E-state index in [-0.39, 0.29) is 74.6 Å². The van der Waals surface area contributed by atoms with Crippen LogP contribution >= 0.6 is 0 Å². The number of hydrogen-bond acceptors (Lipinski definition) is 11. The molecule has 2 rings (SSSR count). The molecule has 0 aliphatic heterocycles. The predicted octanol–water partition coefficient (Wildman–Crippen LogP) is 0.760. The van der Waals surface area contributed by atoms with E-state index >= 15 is 0 Å². The van der Waals surface area contributed by atoms with Gasteiger partial charge in [0.2, 0.25) is 11.8 Å². The maximum Gasteiger partial charge on any atom is 0.408 e. The smallest absolute Gasteiger partial charge is 0.408 e. The first kappa shape index (κ1) is 43.5. The van der Waals surface area contributed by atoms with Crippen LogP contribution in [0.1, 0.15) is 65.5 Å². The Hall–Kier alpha value is -5.51. The van der Waals surface area contributed by atoms with Gasteiger partial charge in [-0.2, -0.15) is 0 Å². The number of methoxy groups -OCH3 is 2. The molecule has 51 heavy (non-hydrogen) atoms. The largest absolute Gasteiger partial charge is 0.469 e. The Labute approximate surface area is 297 Å². The van der Waals surface area contributed by atoms with E-state index in [0.717, 1.165) is 11.1 Å². The fourth-order valence-electron chi connectivity index (χ4n) is 3.90. The van der Waals surface area contributed by atoms with Crippen LogP contribution in [0.3, 0.4) is 0 Å². The summed E-state index contributed by atoms with van der Waals surface area (Å²) in [6.07, 6.45) is 0.843. The molecule has 0 aliphatic rings. The van der Waals surface area contributed by atoms with Gasteiger partial charge >= 0.3 is 18.0 Å². The van der Waals surface area contributed by atoms with Gasteiger partial charge in [-0.15, -0.1) is 0 Å². The van der Waals surface area contributed by atoms with E-state index < -0.39 is 11.7 Å². The van der Waals surface area contributed by atoms with Crippen molar-refractivity contribution in [1.82, 2.24) is 26.6 Å². The molecule has 0 fully saturated rings. The molecule has 2 aromatic rings. The number of benzene rings is 2. The zero-order valence-corrected chi connectivity index (χ0v) is 29.8. The summed E-state index contributed by atoms with van der Waals surface area (Å²) in [5, 5.41) is 13.0. The third kappa shape index (κ3) is 20.6. The van der Waals surface area contributed by atoms with Crippen LogP contribution in [0.25, 0.3) is 0 Å². The average molecular weight is 715 g/mol. The van der Waals surface area contributed by atoms with Crippen LogP contribution in [0.4, 0.5) is 4.79 Å². The highest BCUT2D eigenvalue weighted by molar-refractivity contribution is 5.95. The van der Waals surface area contributed by atoms with Crippen LogP contribution < -0.4 is 32.3 Å². The molecule has 5 amide bonds. The molecule has 0 bridgehead atoms. The molecule has 0 aliphatic carbocycles. The van der Waals surface area contributed by atoms with Gasteiger partial charge in [0.05, 0.1) is 40.2 Å². The number of alkyl carbamates (subject to hydrolysis) is 1. The quantitative estimate of drug-likeness (QED) is 0.0989. The molecular weight excluding hydrogens is 664 g/mol. The van der Waals surface area contributed by atoms with Crippen molar-refractivity contribution in [2.45, 2.75) is 52.1 Å². The Morgan fingerprint density at radius 3 is 1.37 bits per heavy atom. The van der Waals surface area contributed by atoms with Crippen molar-refractivity contribution in [2.75, 3.05) is 53.5 Å². The van der Waals surface area contributed by atoms with Gasteiger partial charge in [0.1, 0.15) is 5.60 Å². The third-order valence-electron chi connectivity index (χ3n) is 6.57. The van der Waals surface area contributed by atoms with Gasteiger partial charge in [-0.1, -0.05) is 24.3 Å². The topological polar surface area (TPSA) is 233 Å². The van der Waals surface area contributed by atoms with Crippen LogP contribution in [0.15, 0.2) is 48.5 Å². The molecule has 0 saturated heterocycles. The highest BCUT2D eigenvalue weighted by Gasteiger charge is 2.16. The zero-order chi connectivity index (χ0) is 38.2. The van der Waals surface area contributed by atoms with Crippen LogP contribution in [0.2, 0.25) is 0 Å². The predicted molar refractivity (Wildman–Crippen MR) is 188 cm³/mol. The second-order valence-electron chi connectivity index (χ2n) is 11.8. The van der Waals surface area contributed by atoms with E-state index in [1.807, 2.05) is 12.1 Å². The van der Waals surface area contributed by atoms with E-state index in [1.54, 1.807) is 57.2 Å². The fraction of sp³-hybridized carbons (Fsp3) is 0.457. The van der Waals surface area contributed by atoms with E-state index in [1.165, 1.54) is 14.2 Å². The lowest BCUT2D eigenvalue weighted by atomic mass is 10.1. The maximum atomic E-state index is 12.0. The monoisotopic (exact) mass is 714 g/mol. The Balaban J connectivity index is 0.000000530. The molecule has 0 spiro atoms. The van der Waals surface area contributed by atoms with Gasteiger partial charge in [-0.25, -0.2) is 4.79 Å². The molecular formula is C35H50N6O10. The van der Waals surface area contributed by atoms with E-state index in [0.29, 0.717) is 37.1 Å². The molecule has 7 N–H and O–H groups in total. The number of esters is 2. The molecule has 16 nitrogen and oxygen atoms in total. The minimum Gasteiger partial charge on any atom is -0.469 e. The lowest BCUT2D eigenvalue weighted by molar-refractivity contribution is -0.141. The van der Waals surface area contributed by atoms with Crippen molar-refractivity contribution in [2.24, 2.45) is 5.73 Å². The molecule has 0 unspecified atom stereocenters. The summed E-state index contributed by atoms with van der Waals surface area (Å²) < 4.78 is 14.0. The number of nitrogens with one attached hydrogen (secondary N) is 5. The molecule has 0 atom stereocenters. The first-order chi connectivity index (χ1) is 24.2. The maximum absolute atomic E-state index is 12.0. The summed E-state index contributed by atoms with van der Waals surface area (Å²) in [4.78, 5) is 80.0. The summed E-state index contributed by atoms with van der Waals surface area (Å²) in [5.74, 6) is -1.79. The van der Waals surface area contributed by atoms with Gasteiger partial charge in [-0.3, -0.25) is 28.8 Å². The standard InChI is InChI=1S/C20H29N3O6.C15H21N3O4/c1-20(2,3)29-19(27)23-13-16(24)21-11-9-14-5-7-15(8-6-14)18(26)22-12-10-17(25)28-4;1-22-14(20)7-9-18-15(21)12-4-2-11(3-5-12)6-8-17-13(19)10-16/h5-8H,9-13H2,1-4H3,(H,21,24)(H,22,26)(H,23,27);2-5H,6-10,16H2,1H3,(H,17,19)(H,18,21). The summed E-state index contributed by atoms with van der Waals surface area (Å²) in [7, 11) is 2.60. The van der Waals surface area contributed by atoms with E-state index in [2.05, 4.69) is 36.1 Å². The minimum absolute atomic E-state index is 0.0231. The highest BCUT2D eigenvalue weighted by Crippen LogP contribution is 2.07. The van der Waals surface area contributed by atoms with Crippen molar-refractivity contribution in [3.8, 4) is 0 Å². The SMILES string of the molecule is COC(=O)CCNC(=O)c1ccc(CCNC(=O)CN)cc1.COC(=O)CCNC(=O)c1ccc(CCNC(=O)CNC(=O)OC(C)(C)C)cc1. The number of hydrogen-bond donors (Lipinski definition) is 6. The Bertz CT molecular complexity index is 1440. The van der Waals surface area contributed by atoms with Crippen molar-refractivity contribution in [3.05, 3.63) is 70.8 Å². The van der Waals surface area contributed by atoms with Crippen LogP contribution in [-0.4, -0.2) is 101 Å². The number of rotatable bonds is 17. The molecule has 0 aromatic heterocycles. The van der Waals surface area contributed by atoms with Gasteiger partial charge < -0.3 is 46.5 Å². The van der Waals surface area contributed by atoms with E-state index in [4.69, 9.17) is 10.5 Å². The van der Waals surface area contributed by atoms with Crippen molar-refractivity contribution in [1.29, 1.82) is 0 Å². The molecule has 2 aromatic carbocycles. The summed E-state index contributed by atoms with van der Waals surface area (Å²) >= 11 is 0. The lowest BCUT2D eigenvalue weighted by Crippen LogP contribution is -2.40. The zero-order valence-electron chi connectivity index (χ0n) is 29.8. The first-order valence-electron chi connectivity index (χ1n) is 16.3. The fourth-order valence-corrected chi connectivity index (χ4v) is 3.90. The number of carbonyl (C=O) groups is 7. The lowest BCUT2D eigenvalue weighted by Gasteiger charge is -2.19. The van der Waals surface area contributed by atoms with Gasteiger partial charge in [0, 0.05) is 37.3 Å². The molecule has 16 heteroatoms. The van der Waals surface area contributed by atoms with Crippen LogP contribution in [0, 0.1) is 0 Å². The molecule has 0 radical (unpaired) electrons. The van der Waals surface area contributed by atoms with Gasteiger partial charge in [0.15, 0.2) is 0 Å². The van der Waals surface area contributed by atoms with Crippen molar-refractivity contribution < 1.29 is 47.8 Å². The van der Waals surface area contributed by atoms with Crippen LogP contribution in [0.5, 0.6) is 0 Å². The molecule has 0 saturated carbocycles. The summed E-state index contributed by atoms with van der Waals surface area (Å²) in [6.45, 7) is 6.36.